The normalized spacial score (nSPS) is 9.60. The summed E-state index contributed by atoms with van der Waals surface area (Å²) in [4.78, 5) is 7.02. The highest BCUT2D eigenvalue weighted by Gasteiger charge is 1.89. The molecule has 0 bridgehead atoms. The molecule has 0 aliphatic heterocycles. The molecule has 0 saturated carbocycles. The Morgan fingerprint density at radius 3 is 3.30 bits per heavy atom. The number of H-pyrrole nitrogens is 1. The molecule has 0 atom stereocenters. The minimum Gasteiger partial charge on any atom is -0.348 e. The third kappa shape index (κ3) is 2.03. The lowest BCUT2D eigenvalue weighted by Crippen LogP contribution is -2.13. The van der Waals surface area contributed by atoms with Crippen molar-refractivity contribution in [3.63, 3.8) is 0 Å². The van der Waals surface area contributed by atoms with Crippen LogP contribution in [0.15, 0.2) is 25.0 Å². The Balaban J connectivity index is 2.21. The Hall–Kier alpha value is -1.09. The smallest absolute Gasteiger partial charge is 0.120 e. The predicted molar refractivity (Wildman–Crippen MR) is 40.5 cm³/mol. The molecule has 3 heteroatoms. The Morgan fingerprint density at radius 2 is 2.70 bits per heavy atom. The maximum atomic E-state index is 4.04. The summed E-state index contributed by atoms with van der Waals surface area (Å²) in [5.74, 6) is 0.960. The Labute approximate surface area is 60.2 Å². The zero-order valence-electron chi connectivity index (χ0n) is 5.80. The number of rotatable bonds is 4. The fraction of sp³-hybridized carbons (Fsp3) is 0.286. The lowest BCUT2D eigenvalue weighted by Gasteiger charge is -1.95. The average molecular weight is 137 g/mol. The Morgan fingerprint density at radius 1 is 1.80 bits per heavy atom. The average Bonchev–Trinajstić information content (AvgIpc) is 2.41. The summed E-state index contributed by atoms with van der Waals surface area (Å²) in [6, 6.07) is 0. The third-order valence-corrected chi connectivity index (χ3v) is 1.14. The molecule has 0 fully saturated rings. The third-order valence-electron chi connectivity index (χ3n) is 1.14. The molecular formula is C7H11N3. The second-order valence-corrected chi connectivity index (χ2v) is 1.96. The van der Waals surface area contributed by atoms with Gasteiger partial charge in [0.15, 0.2) is 0 Å². The first-order chi connectivity index (χ1) is 4.93. The Bertz CT molecular complexity index is 179. The second-order valence-electron chi connectivity index (χ2n) is 1.96. The van der Waals surface area contributed by atoms with E-state index >= 15 is 0 Å². The van der Waals surface area contributed by atoms with Gasteiger partial charge < -0.3 is 10.3 Å². The molecule has 0 radical (unpaired) electrons. The van der Waals surface area contributed by atoms with Crippen LogP contribution in [0.3, 0.4) is 0 Å². The summed E-state index contributed by atoms with van der Waals surface area (Å²) in [7, 11) is 0. The molecule has 0 spiro atoms. The van der Waals surface area contributed by atoms with Crippen LogP contribution in [0.5, 0.6) is 0 Å². The van der Waals surface area contributed by atoms with Crippen molar-refractivity contribution in [1.82, 2.24) is 15.3 Å². The summed E-state index contributed by atoms with van der Waals surface area (Å²) >= 11 is 0. The van der Waals surface area contributed by atoms with Crippen LogP contribution in [-0.4, -0.2) is 16.5 Å². The van der Waals surface area contributed by atoms with Crippen molar-refractivity contribution < 1.29 is 0 Å². The van der Waals surface area contributed by atoms with E-state index in [-0.39, 0.29) is 0 Å². The molecule has 1 aromatic rings. The van der Waals surface area contributed by atoms with Gasteiger partial charge in [-0.3, -0.25) is 0 Å². The van der Waals surface area contributed by atoms with Crippen molar-refractivity contribution >= 4 is 0 Å². The van der Waals surface area contributed by atoms with Gasteiger partial charge in [-0.1, -0.05) is 6.08 Å². The number of hydrogen-bond acceptors (Lipinski definition) is 2. The van der Waals surface area contributed by atoms with E-state index < -0.39 is 0 Å². The number of imidazole rings is 1. The van der Waals surface area contributed by atoms with Crippen molar-refractivity contribution in [1.29, 1.82) is 0 Å². The van der Waals surface area contributed by atoms with E-state index in [9.17, 15) is 0 Å². The molecule has 2 N–H and O–H groups in total. The first-order valence-corrected chi connectivity index (χ1v) is 3.23. The Kier molecular flexibility index (Phi) is 2.70. The molecule has 1 heterocycles. The van der Waals surface area contributed by atoms with Gasteiger partial charge in [-0.05, 0) is 0 Å². The van der Waals surface area contributed by atoms with Gasteiger partial charge in [0, 0.05) is 18.9 Å². The molecular weight excluding hydrogens is 126 g/mol. The van der Waals surface area contributed by atoms with Gasteiger partial charge in [0.05, 0.1) is 6.54 Å². The van der Waals surface area contributed by atoms with Crippen molar-refractivity contribution in [3.05, 3.63) is 30.9 Å². The largest absolute Gasteiger partial charge is 0.348 e. The van der Waals surface area contributed by atoms with Gasteiger partial charge in [0.2, 0.25) is 0 Å². The van der Waals surface area contributed by atoms with Gasteiger partial charge in [0.25, 0.3) is 0 Å². The number of hydrogen-bond donors (Lipinski definition) is 2. The van der Waals surface area contributed by atoms with Crippen LogP contribution < -0.4 is 5.32 Å². The lowest BCUT2D eigenvalue weighted by atomic mass is 10.5. The molecule has 0 amide bonds. The summed E-state index contributed by atoms with van der Waals surface area (Å²) in [6.45, 7) is 5.18. The van der Waals surface area contributed by atoms with E-state index in [0.29, 0.717) is 0 Å². The lowest BCUT2D eigenvalue weighted by molar-refractivity contribution is 0.726. The van der Waals surface area contributed by atoms with Crippen LogP contribution in [0.4, 0.5) is 0 Å². The molecule has 0 aromatic carbocycles. The van der Waals surface area contributed by atoms with Crippen molar-refractivity contribution in [3.8, 4) is 0 Å². The zero-order chi connectivity index (χ0) is 7.23. The molecule has 0 aliphatic carbocycles. The van der Waals surface area contributed by atoms with Gasteiger partial charge >= 0.3 is 0 Å². The van der Waals surface area contributed by atoms with Crippen molar-refractivity contribution in [2.45, 2.75) is 6.54 Å². The number of aromatic nitrogens is 2. The topological polar surface area (TPSA) is 40.7 Å². The molecule has 54 valence electrons. The highest BCUT2D eigenvalue weighted by atomic mass is 15.0. The molecule has 0 saturated heterocycles. The monoisotopic (exact) mass is 137 g/mol. The van der Waals surface area contributed by atoms with E-state index in [4.69, 9.17) is 0 Å². The summed E-state index contributed by atoms with van der Waals surface area (Å²) in [5.41, 5.74) is 0. The fourth-order valence-corrected chi connectivity index (χ4v) is 0.687. The van der Waals surface area contributed by atoms with Gasteiger partial charge in [0.1, 0.15) is 5.82 Å². The van der Waals surface area contributed by atoms with E-state index in [1.807, 2.05) is 12.3 Å². The highest BCUT2D eigenvalue weighted by molar-refractivity contribution is 4.86. The van der Waals surface area contributed by atoms with Crippen molar-refractivity contribution in [2.24, 2.45) is 0 Å². The predicted octanol–water partition coefficient (Wildman–Crippen LogP) is 0.685. The molecule has 10 heavy (non-hydrogen) atoms. The molecule has 0 aliphatic rings. The first kappa shape index (κ1) is 7.02. The van der Waals surface area contributed by atoms with Crippen LogP contribution in [0.2, 0.25) is 0 Å². The van der Waals surface area contributed by atoms with E-state index in [1.165, 1.54) is 0 Å². The van der Waals surface area contributed by atoms with Crippen molar-refractivity contribution in [2.75, 3.05) is 6.54 Å². The summed E-state index contributed by atoms with van der Waals surface area (Å²) in [6.07, 6.45) is 5.37. The quantitative estimate of drug-likeness (QED) is 0.473. The molecule has 3 nitrogen and oxygen atoms in total. The van der Waals surface area contributed by atoms with E-state index in [1.54, 1.807) is 6.20 Å². The minimum atomic E-state index is 0.777. The number of nitrogens with one attached hydrogen (secondary N) is 2. The summed E-state index contributed by atoms with van der Waals surface area (Å²) < 4.78 is 0. The van der Waals surface area contributed by atoms with E-state index in [0.717, 1.165) is 18.9 Å². The zero-order valence-corrected chi connectivity index (χ0v) is 5.80. The van der Waals surface area contributed by atoms with Crippen LogP contribution in [0.1, 0.15) is 5.82 Å². The van der Waals surface area contributed by atoms with Crippen LogP contribution >= 0.6 is 0 Å². The SMILES string of the molecule is C=CCNCc1ncc[nH]1. The van der Waals surface area contributed by atoms with Crippen LogP contribution in [0.25, 0.3) is 0 Å². The first-order valence-electron chi connectivity index (χ1n) is 3.23. The molecule has 1 rings (SSSR count). The van der Waals surface area contributed by atoms with Gasteiger partial charge in [-0.15, -0.1) is 6.58 Å². The fourth-order valence-electron chi connectivity index (χ4n) is 0.687. The van der Waals surface area contributed by atoms with Gasteiger partial charge in [-0.2, -0.15) is 0 Å². The maximum Gasteiger partial charge on any atom is 0.120 e. The number of aromatic amines is 1. The standard InChI is InChI=1S/C7H11N3/c1-2-3-8-6-7-9-4-5-10-7/h2,4-5,8H,1,3,6H2,(H,9,10). The molecule has 0 unspecified atom stereocenters. The number of nitrogens with zero attached hydrogens (tertiary/aromatic N) is 1. The molecule has 1 aromatic heterocycles. The van der Waals surface area contributed by atoms with E-state index in [2.05, 4.69) is 21.9 Å². The minimum absolute atomic E-state index is 0.777. The van der Waals surface area contributed by atoms with Crippen LogP contribution in [-0.2, 0) is 6.54 Å². The maximum absolute atomic E-state index is 4.04. The highest BCUT2D eigenvalue weighted by Crippen LogP contribution is 1.85. The van der Waals surface area contributed by atoms with Gasteiger partial charge in [-0.25, -0.2) is 4.98 Å². The second kappa shape index (κ2) is 3.85. The van der Waals surface area contributed by atoms with Crippen LogP contribution in [0, 0.1) is 0 Å². The summed E-state index contributed by atoms with van der Waals surface area (Å²) in [5, 5.41) is 3.13.